The summed E-state index contributed by atoms with van der Waals surface area (Å²) in [6.45, 7) is 0.232. The molecule has 0 radical (unpaired) electrons. The van der Waals surface area contributed by atoms with Crippen molar-refractivity contribution in [1.82, 2.24) is 0 Å². The molecule has 0 aliphatic rings. The van der Waals surface area contributed by atoms with Gasteiger partial charge in [-0.1, -0.05) is 23.7 Å². The van der Waals surface area contributed by atoms with Gasteiger partial charge in [-0.05, 0) is 24.0 Å². The highest BCUT2D eigenvalue weighted by atomic mass is 35.5. The van der Waals surface area contributed by atoms with Crippen LogP contribution in [0, 0.1) is 10.1 Å². The SMILES string of the molecule is CSC(C[N+](=O)[O-])=NCc1ccc(Cl)cc1. The van der Waals surface area contributed by atoms with Crippen LogP contribution in [0.4, 0.5) is 0 Å². The van der Waals surface area contributed by atoms with Crippen LogP contribution in [0.2, 0.25) is 5.02 Å². The van der Waals surface area contributed by atoms with Crippen molar-refractivity contribution in [3.63, 3.8) is 0 Å². The topological polar surface area (TPSA) is 55.5 Å². The summed E-state index contributed by atoms with van der Waals surface area (Å²) in [4.78, 5) is 14.1. The number of rotatable bonds is 4. The molecule has 0 saturated carbocycles. The maximum absolute atomic E-state index is 10.3. The summed E-state index contributed by atoms with van der Waals surface area (Å²) in [5.41, 5.74) is 0.985. The average molecular weight is 259 g/mol. The lowest BCUT2D eigenvalue weighted by Crippen LogP contribution is -2.10. The highest BCUT2D eigenvalue weighted by Gasteiger charge is 2.05. The molecule has 0 aliphatic carbocycles. The summed E-state index contributed by atoms with van der Waals surface area (Å²) in [5.74, 6) is 0. The number of nitro groups is 1. The normalized spacial score (nSPS) is 11.5. The maximum atomic E-state index is 10.3. The van der Waals surface area contributed by atoms with Gasteiger partial charge in [0.15, 0.2) is 0 Å². The van der Waals surface area contributed by atoms with E-state index in [9.17, 15) is 10.1 Å². The van der Waals surface area contributed by atoms with E-state index in [4.69, 9.17) is 11.6 Å². The molecule has 16 heavy (non-hydrogen) atoms. The number of hydrogen-bond acceptors (Lipinski definition) is 4. The van der Waals surface area contributed by atoms with Gasteiger partial charge in [-0.2, -0.15) is 0 Å². The summed E-state index contributed by atoms with van der Waals surface area (Å²) in [6, 6.07) is 7.27. The molecule has 1 rings (SSSR count). The summed E-state index contributed by atoms with van der Waals surface area (Å²) >= 11 is 7.04. The molecular weight excluding hydrogens is 248 g/mol. The minimum absolute atomic E-state index is 0.214. The highest BCUT2D eigenvalue weighted by molar-refractivity contribution is 8.13. The molecule has 0 amide bonds. The smallest absolute Gasteiger partial charge is 0.251 e. The van der Waals surface area contributed by atoms with Crippen LogP contribution in [0.3, 0.4) is 0 Å². The van der Waals surface area contributed by atoms with E-state index >= 15 is 0 Å². The van der Waals surface area contributed by atoms with Crippen molar-refractivity contribution < 1.29 is 4.92 Å². The molecule has 0 saturated heterocycles. The van der Waals surface area contributed by atoms with Crippen molar-refractivity contribution >= 4 is 28.4 Å². The summed E-state index contributed by atoms with van der Waals surface area (Å²) < 4.78 is 0. The van der Waals surface area contributed by atoms with Gasteiger partial charge >= 0.3 is 0 Å². The average Bonchev–Trinajstić information content (AvgIpc) is 2.26. The zero-order chi connectivity index (χ0) is 12.0. The predicted molar refractivity (Wildman–Crippen MR) is 68.0 cm³/mol. The van der Waals surface area contributed by atoms with Gasteiger partial charge in [0.05, 0.1) is 6.54 Å². The molecule has 0 heterocycles. The second-order valence-electron chi connectivity index (χ2n) is 3.03. The Labute approximate surface area is 103 Å². The number of aliphatic imine (C=N–C) groups is 1. The van der Waals surface area contributed by atoms with Gasteiger partial charge in [-0.15, -0.1) is 11.8 Å². The zero-order valence-electron chi connectivity index (χ0n) is 8.72. The number of halogens is 1. The van der Waals surface area contributed by atoms with Crippen LogP contribution >= 0.6 is 23.4 Å². The van der Waals surface area contributed by atoms with Gasteiger partial charge in [0, 0.05) is 9.95 Å². The van der Waals surface area contributed by atoms with Crippen LogP contribution in [-0.4, -0.2) is 22.8 Å². The molecule has 4 nitrogen and oxygen atoms in total. The second-order valence-corrected chi connectivity index (χ2v) is 4.35. The van der Waals surface area contributed by atoms with Crippen LogP contribution in [0.15, 0.2) is 29.3 Å². The molecule has 0 unspecified atom stereocenters. The standard InChI is InChI=1S/C10H11ClN2O2S/c1-16-10(7-13(14)15)12-6-8-2-4-9(11)5-3-8/h2-5H,6-7H2,1H3. The van der Waals surface area contributed by atoms with Crippen molar-refractivity contribution in [3.05, 3.63) is 45.0 Å². The minimum Gasteiger partial charge on any atom is -0.272 e. The molecule has 0 N–H and O–H groups in total. The van der Waals surface area contributed by atoms with Gasteiger partial charge < -0.3 is 0 Å². The van der Waals surface area contributed by atoms with Gasteiger partial charge in [0.1, 0.15) is 5.04 Å². The molecule has 0 aromatic heterocycles. The van der Waals surface area contributed by atoms with E-state index < -0.39 is 0 Å². The van der Waals surface area contributed by atoms with Gasteiger partial charge in [-0.3, -0.25) is 15.1 Å². The molecular formula is C10H11ClN2O2S. The predicted octanol–water partition coefficient (Wildman–Crippen LogP) is 2.88. The summed E-state index contributed by atoms with van der Waals surface area (Å²) in [5, 5.41) is 11.5. The van der Waals surface area contributed by atoms with Crippen LogP contribution in [0.25, 0.3) is 0 Å². The van der Waals surface area contributed by atoms with E-state index in [-0.39, 0.29) is 11.5 Å². The lowest BCUT2D eigenvalue weighted by Gasteiger charge is -1.99. The molecule has 0 spiro atoms. The van der Waals surface area contributed by atoms with E-state index in [1.54, 1.807) is 18.4 Å². The quantitative estimate of drug-likeness (QED) is 0.361. The van der Waals surface area contributed by atoms with E-state index in [0.29, 0.717) is 16.6 Å². The van der Waals surface area contributed by atoms with E-state index in [1.165, 1.54) is 11.8 Å². The lowest BCUT2D eigenvalue weighted by molar-refractivity contribution is -0.462. The van der Waals surface area contributed by atoms with Crippen molar-refractivity contribution in [2.45, 2.75) is 6.54 Å². The Balaban J connectivity index is 2.62. The first-order valence-corrected chi connectivity index (χ1v) is 6.15. The van der Waals surface area contributed by atoms with Gasteiger partial charge in [0.2, 0.25) is 0 Å². The number of hydrogen-bond donors (Lipinski definition) is 0. The Kier molecular flexibility index (Phi) is 5.28. The molecule has 0 fully saturated rings. The fraction of sp³-hybridized carbons (Fsp3) is 0.300. The third-order valence-electron chi connectivity index (χ3n) is 1.85. The monoisotopic (exact) mass is 258 g/mol. The molecule has 86 valence electrons. The molecule has 6 heteroatoms. The van der Waals surface area contributed by atoms with E-state index in [0.717, 1.165) is 5.56 Å². The fourth-order valence-corrected chi connectivity index (χ4v) is 1.61. The van der Waals surface area contributed by atoms with Gasteiger partial charge in [0.25, 0.3) is 6.54 Å². The third-order valence-corrected chi connectivity index (χ3v) is 2.83. The number of thioether (sulfide) groups is 1. The van der Waals surface area contributed by atoms with Crippen molar-refractivity contribution in [3.8, 4) is 0 Å². The molecule has 1 aromatic rings. The fourth-order valence-electron chi connectivity index (χ4n) is 1.06. The van der Waals surface area contributed by atoms with Crippen LogP contribution in [0.1, 0.15) is 5.56 Å². The van der Waals surface area contributed by atoms with Crippen molar-refractivity contribution in [2.75, 3.05) is 12.8 Å². The molecule has 0 aliphatic heterocycles. The molecule has 0 atom stereocenters. The largest absolute Gasteiger partial charge is 0.272 e. The first kappa shape index (κ1) is 13.0. The van der Waals surface area contributed by atoms with Crippen molar-refractivity contribution in [1.29, 1.82) is 0 Å². The van der Waals surface area contributed by atoms with E-state index in [2.05, 4.69) is 4.99 Å². The first-order valence-electron chi connectivity index (χ1n) is 4.55. The second kappa shape index (κ2) is 6.50. The van der Waals surface area contributed by atoms with Crippen LogP contribution in [0.5, 0.6) is 0 Å². The Morgan fingerprint density at radius 2 is 2.12 bits per heavy atom. The Bertz CT molecular complexity index is 392. The summed E-state index contributed by atoms with van der Waals surface area (Å²) in [7, 11) is 0. The van der Waals surface area contributed by atoms with Gasteiger partial charge in [-0.25, -0.2) is 0 Å². The number of benzene rings is 1. The van der Waals surface area contributed by atoms with Crippen LogP contribution < -0.4 is 0 Å². The third kappa shape index (κ3) is 4.63. The highest BCUT2D eigenvalue weighted by Crippen LogP contribution is 2.11. The van der Waals surface area contributed by atoms with Crippen LogP contribution in [-0.2, 0) is 6.54 Å². The Morgan fingerprint density at radius 3 is 2.62 bits per heavy atom. The molecule has 0 bridgehead atoms. The Hall–Kier alpha value is -1.07. The van der Waals surface area contributed by atoms with E-state index in [1.807, 2.05) is 12.1 Å². The maximum Gasteiger partial charge on any atom is 0.251 e. The van der Waals surface area contributed by atoms with Crippen molar-refractivity contribution in [2.24, 2.45) is 4.99 Å². The zero-order valence-corrected chi connectivity index (χ0v) is 10.3. The first-order chi connectivity index (χ1) is 7.61. The Morgan fingerprint density at radius 1 is 1.50 bits per heavy atom. The lowest BCUT2D eigenvalue weighted by atomic mass is 10.2. The minimum atomic E-state index is -0.378. The number of nitrogens with zero attached hydrogens (tertiary/aromatic N) is 2. The molecule has 1 aromatic carbocycles. The summed E-state index contributed by atoms with van der Waals surface area (Å²) in [6.07, 6.45) is 1.78.